The summed E-state index contributed by atoms with van der Waals surface area (Å²) in [5.74, 6) is 0.866. The summed E-state index contributed by atoms with van der Waals surface area (Å²) in [6, 6.07) is 16.3. The average molecular weight is 268 g/mol. The zero-order valence-electron chi connectivity index (χ0n) is 12.0. The molecule has 0 amide bonds. The van der Waals surface area contributed by atoms with Crippen molar-refractivity contribution in [3.63, 3.8) is 0 Å². The molecule has 0 bridgehead atoms. The van der Waals surface area contributed by atoms with E-state index in [4.69, 9.17) is 4.74 Å². The Morgan fingerprint density at radius 2 is 1.80 bits per heavy atom. The summed E-state index contributed by atoms with van der Waals surface area (Å²) in [5.41, 5.74) is 3.18. The minimum atomic E-state index is -0.450. The molecule has 1 saturated carbocycles. The molecular formula is C18H20O2. The van der Waals surface area contributed by atoms with E-state index >= 15 is 0 Å². The number of ether oxygens (including phenoxy) is 1. The van der Waals surface area contributed by atoms with Crippen LogP contribution in [0.25, 0.3) is 0 Å². The standard InChI is InChI=1S/C18H20O2/c1-13-12-14(8-9-16(13)20-2)17(19)18(10-11-18)15-6-4-3-5-7-15/h3-9,12,17,19H,10-11H2,1-2H3. The van der Waals surface area contributed by atoms with Gasteiger partial charge in [-0.25, -0.2) is 0 Å². The Hall–Kier alpha value is -1.80. The average Bonchev–Trinajstić information content (AvgIpc) is 3.29. The number of aliphatic hydroxyl groups is 1. The first-order chi connectivity index (χ1) is 9.67. The highest BCUT2D eigenvalue weighted by atomic mass is 16.5. The van der Waals surface area contributed by atoms with Gasteiger partial charge in [-0.1, -0.05) is 36.4 Å². The molecule has 2 heteroatoms. The minimum Gasteiger partial charge on any atom is -0.496 e. The molecule has 20 heavy (non-hydrogen) atoms. The van der Waals surface area contributed by atoms with Crippen LogP contribution in [0.1, 0.15) is 35.6 Å². The monoisotopic (exact) mass is 268 g/mol. The third-order valence-electron chi connectivity index (χ3n) is 4.40. The summed E-state index contributed by atoms with van der Waals surface area (Å²) in [4.78, 5) is 0. The molecule has 2 nitrogen and oxygen atoms in total. The summed E-state index contributed by atoms with van der Waals surface area (Å²) in [5, 5.41) is 10.8. The molecule has 0 spiro atoms. The SMILES string of the molecule is COc1ccc(C(O)C2(c3ccccc3)CC2)cc1C. The van der Waals surface area contributed by atoms with Gasteiger partial charge in [0.25, 0.3) is 0 Å². The van der Waals surface area contributed by atoms with Crippen LogP contribution in [0, 0.1) is 6.92 Å². The van der Waals surface area contributed by atoms with Crippen LogP contribution in [0.15, 0.2) is 48.5 Å². The fraction of sp³-hybridized carbons (Fsp3) is 0.333. The van der Waals surface area contributed by atoms with Gasteiger partial charge in [0.2, 0.25) is 0 Å². The Morgan fingerprint density at radius 3 is 2.35 bits per heavy atom. The molecule has 104 valence electrons. The van der Waals surface area contributed by atoms with Crippen molar-refractivity contribution in [2.75, 3.05) is 7.11 Å². The van der Waals surface area contributed by atoms with E-state index in [1.807, 2.05) is 43.3 Å². The van der Waals surface area contributed by atoms with Gasteiger partial charge in [-0.2, -0.15) is 0 Å². The van der Waals surface area contributed by atoms with Crippen molar-refractivity contribution in [3.8, 4) is 5.75 Å². The molecule has 0 radical (unpaired) electrons. The van der Waals surface area contributed by atoms with E-state index in [1.54, 1.807) is 7.11 Å². The van der Waals surface area contributed by atoms with E-state index in [1.165, 1.54) is 5.56 Å². The second kappa shape index (κ2) is 4.95. The lowest BCUT2D eigenvalue weighted by molar-refractivity contribution is 0.133. The predicted molar refractivity (Wildman–Crippen MR) is 80.0 cm³/mol. The fourth-order valence-electron chi connectivity index (χ4n) is 3.02. The van der Waals surface area contributed by atoms with Gasteiger partial charge < -0.3 is 9.84 Å². The van der Waals surface area contributed by atoms with Crippen molar-refractivity contribution < 1.29 is 9.84 Å². The molecule has 0 heterocycles. The van der Waals surface area contributed by atoms with Crippen molar-refractivity contribution in [3.05, 3.63) is 65.2 Å². The predicted octanol–water partition coefficient (Wildman–Crippen LogP) is 3.77. The summed E-state index contributed by atoms with van der Waals surface area (Å²) < 4.78 is 5.28. The first kappa shape index (κ1) is 13.2. The van der Waals surface area contributed by atoms with E-state index in [0.717, 1.165) is 29.7 Å². The van der Waals surface area contributed by atoms with Gasteiger partial charge in [-0.3, -0.25) is 0 Å². The second-order valence-corrected chi connectivity index (χ2v) is 5.65. The minimum absolute atomic E-state index is 0.0950. The first-order valence-corrected chi connectivity index (χ1v) is 7.05. The highest BCUT2D eigenvalue weighted by Gasteiger charge is 2.50. The van der Waals surface area contributed by atoms with Gasteiger partial charge in [-0.15, -0.1) is 0 Å². The largest absolute Gasteiger partial charge is 0.496 e. The maximum Gasteiger partial charge on any atom is 0.121 e. The van der Waals surface area contributed by atoms with Gasteiger partial charge >= 0.3 is 0 Å². The van der Waals surface area contributed by atoms with Crippen LogP contribution in [0.2, 0.25) is 0 Å². The van der Waals surface area contributed by atoms with E-state index in [2.05, 4.69) is 12.1 Å². The lowest BCUT2D eigenvalue weighted by atomic mass is 9.85. The second-order valence-electron chi connectivity index (χ2n) is 5.65. The number of aryl methyl sites for hydroxylation is 1. The molecule has 0 aromatic heterocycles. The van der Waals surface area contributed by atoms with Crippen LogP contribution in [0.3, 0.4) is 0 Å². The Balaban J connectivity index is 1.93. The van der Waals surface area contributed by atoms with Crippen molar-refractivity contribution in [2.45, 2.75) is 31.3 Å². The van der Waals surface area contributed by atoms with Crippen LogP contribution in [0.4, 0.5) is 0 Å². The Kier molecular flexibility index (Phi) is 3.27. The highest BCUT2D eigenvalue weighted by molar-refractivity contribution is 5.42. The van der Waals surface area contributed by atoms with Crippen molar-refractivity contribution in [2.24, 2.45) is 0 Å². The third kappa shape index (κ3) is 2.10. The number of rotatable bonds is 4. The summed E-state index contributed by atoms with van der Waals surface area (Å²) >= 11 is 0. The van der Waals surface area contributed by atoms with Gasteiger partial charge in [0, 0.05) is 5.41 Å². The number of hydrogen-bond donors (Lipinski definition) is 1. The zero-order chi connectivity index (χ0) is 14.2. The van der Waals surface area contributed by atoms with Crippen LogP contribution >= 0.6 is 0 Å². The number of hydrogen-bond acceptors (Lipinski definition) is 2. The Bertz CT molecular complexity index is 600. The summed E-state index contributed by atoms with van der Waals surface area (Å²) in [6.45, 7) is 2.01. The quantitative estimate of drug-likeness (QED) is 0.914. The molecular weight excluding hydrogens is 248 g/mol. The van der Waals surface area contributed by atoms with Crippen molar-refractivity contribution in [1.82, 2.24) is 0 Å². The van der Waals surface area contributed by atoms with Gasteiger partial charge in [0.15, 0.2) is 0 Å². The summed E-state index contributed by atoms with van der Waals surface area (Å²) in [6.07, 6.45) is 1.64. The molecule has 1 N–H and O–H groups in total. The van der Waals surface area contributed by atoms with Crippen LogP contribution in [0.5, 0.6) is 5.75 Å². The smallest absolute Gasteiger partial charge is 0.121 e. The van der Waals surface area contributed by atoms with Crippen LogP contribution in [-0.4, -0.2) is 12.2 Å². The normalized spacial score (nSPS) is 17.6. The zero-order valence-corrected chi connectivity index (χ0v) is 12.0. The van der Waals surface area contributed by atoms with Crippen LogP contribution in [-0.2, 0) is 5.41 Å². The molecule has 1 aliphatic rings. The van der Waals surface area contributed by atoms with E-state index < -0.39 is 6.10 Å². The molecule has 3 rings (SSSR count). The van der Waals surface area contributed by atoms with E-state index in [-0.39, 0.29) is 5.41 Å². The molecule has 2 aromatic rings. The number of aliphatic hydroxyl groups excluding tert-OH is 1. The molecule has 0 aliphatic heterocycles. The maximum absolute atomic E-state index is 10.8. The van der Waals surface area contributed by atoms with E-state index in [0.29, 0.717) is 0 Å². The topological polar surface area (TPSA) is 29.5 Å². The van der Waals surface area contributed by atoms with E-state index in [9.17, 15) is 5.11 Å². The molecule has 2 aromatic carbocycles. The molecule has 1 fully saturated rings. The molecule has 1 unspecified atom stereocenters. The van der Waals surface area contributed by atoms with Crippen molar-refractivity contribution in [1.29, 1.82) is 0 Å². The summed E-state index contributed by atoms with van der Waals surface area (Å²) in [7, 11) is 1.67. The molecule has 0 saturated heterocycles. The third-order valence-corrected chi connectivity index (χ3v) is 4.40. The molecule has 1 atom stereocenters. The number of methoxy groups -OCH3 is 1. The van der Waals surface area contributed by atoms with Gasteiger partial charge in [0.05, 0.1) is 13.2 Å². The Labute approximate surface area is 120 Å². The van der Waals surface area contributed by atoms with Crippen LogP contribution < -0.4 is 4.74 Å². The molecule has 1 aliphatic carbocycles. The lowest BCUT2D eigenvalue weighted by Gasteiger charge is -2.24. The lowest BCUT2D eigenvalue weighted by Crippen LogP contribution is -2.18. The van der Waals surface area contributed by atoms with Gasteiger partial charge in [0.1, 0.15) is 5.75 Å². The van der Waals surface area contributed by atoms with Crippen molar-refractivity contribution >= 4 is 0 Å². The fourth-order valence-corrected chi connectivity index (χ4v) is 3.02. The van der Waals surface area contributed by atoms with Gasteiger partial charge in [-0.05, 0) is 48.6 Å². The Morgan fingerprint density at radius 1 is 1.10 bits per heavy atom. The maximum atomic E-state index is 10.8. The number of benzene rings is 2. The highest BCUT2D eigenvalue weighted by Crippen LogP contribution is 2.56. The first-order valence-electron chi connectivity index (χ1n) is 7.05.